The molecule has 0 spiro atoms. The van der Waals surface area contributed by atoms with E-state index in [0.29, 0.717) is 32.4 Å². The molecule has 1 aliphatic carbocycles. The number of ketones is 1. The fourth-order valence-electron chi connectivity index (χ4n) is 4.55. The van der Waals surface area contributed by atoms with Gasteiger partial charge in [0.25, 0.3) is 0 Å². The van der Waals surface area contributed by atoms with Gasteiger partial charge in [-0.3, -0.25) is 14.4 Å². The third kappa shape index (κ3) is 4.83. The van der Waals surface area contributed by atoms with E-state index in [1.54, 1.807) is 4.90 Å². The fraction of sp³-hybridized carbons (Fsp3) is 0.609. The zero-order chi connectivity index (χ0) is 20.9. The highest BCUT2D eigenvalue weighted by Gasteiger charge is 2.47. The van der Waals surface area contributed by atoms with Crippen molar-refractivity contribution in [2.24, 2.45) is 5.92 Å². The summed E-state index contributed by atoms with van der Waals surface area (Å²) in [6, 6.07) is 8.88. The van der Waals surface area contributed by atoms with Crippen LogP contribution in [0.5, 0.6) is 0 Å². The van der Waals surface area contributed by atoms with Crippen LogP contribution in [0.1, 0.15) is 56.9 Å². The molecule has 0 radical (unpaired) electrons. The number of piperidine rings is 1. The van der Waals surface area contributed by atoms with Crippen molar-refractivity contribution in [3.63, 3.8) is 0 Å². The Morgan fingerprint density at radius 1 is 1.10 bits per heavy atom. The Kier molecular flexibility index (Phi) is 6.67. The van der Waals surface area contributed by atoms with E-state index in [-0.39, 0.29) is 30.3 Å². The number of hydroxylamine groups is 2. The molecule has 2 aliphatic heterocycles. The minimum absolute atomic E-state index is 0.0293. The second kappa shape index (κ2) is 9.60. The summed E-state index contributed by atoms with van der Waals surface area (Å²) in [5, 5.41) is 4.18. The molecule has 2 atom stereocenters. The fourth-order valence-corrected chi connectivity index (χ4v) is 4.55. The lowest BCUT2D eigenvalue weighted by Crippen LogP contribution is -2.50. The van der Waals surface area contributed by atoms with Crippen molar-refractivity contribution in [3.8, 4) is 0 Å². The van der Waals surface area contributed by atoms with E-state index >= 15 is 0 Å². The molecule has 1 unspecified atom stereocenters. The van der Waals surface area contributed by atoms with Crippen LogP contribution in [0.3, 0.4) is 0 Å². The lowest BCUT2D eigenvalue weighted by Gasteiger charge is -2.29. The lowest BCUT2D eigenvalue weighted by molar-refractivity contribution is -0.140. The second-order valence-corrected chi connectivity index (χ2v) is 8.71. The summed E-state index contributed by atoms with van der Waals surface area (Å²) >= 11 is 0. The molecule has 162 valence electrons. The molecule has 1 aromatic rings. The summed E-state index contributed by atoms with van der Waals surface area (Å²) < 4.78 is 0. The number of amides is 3. The molecule has 3 aliphatic rings. The van der Waals surface area contributed by atoms with Gasteiger partial charge >= 0.3 is 6.03 Å². The number of carbonyl (C=O) groups excluding carboxylic acids is 3. The van der Waals surface area contributed by atoms with Gasteiger partial charge in [-0.25, -0.2) is 4.79 Å². The number of benzene rings is 1. The number of carbonyl (C=O) groups is 3. The minimum atomic E-state index is -0.526. The van der Waals surface area contributed by atoms with Crippen molar-refractivity contribution >= 4 is 17.7 Å². The van der Waals surface area contributed by atoms with Crippen LogP contribution in [0.15, 0.2) is 30.3 Å². The number of hydrogen-bond acceptors (Lipinski definition) is 4. The van der Waals surface area contributed by atoms with E-state index in [2.05, 4.69) is 5.32 Å². The van der Waals surface area contributed by atoms with Gasteiger partial charge in [0.15, 0.2) is 5.78 Å². The Balaban J connectivity index is 1.22. The first kappa shape index (κ1) is 20.8. The van der Waals surface area contributed by atoms with Crippen LogP contribution in [0, 0.1) is 5.92 Å². The highest BCUT2D eigenvalue weighted by molar-refractivity contribution is 5.91. The third-order valence-electron chi connectivity index (χ3n) is 6.59. The van der Waals surface area contributed by atoms with Crippen LogP contribution in [-0.2, 0) is 21.0 Å². The maximum Gasteiger partial charge on any atom is 0.345 e. The Hall–Kier alpha value is -2.41. The first-order valence-corrected chi connectivity index (χ1v) is 11.2. The van der Waals surface area contributed by atoms with Crippen LogP contribution in [-0.4, -0.2) is 52.9 Å². The number of urea groups is 1. The third-order valence-corrected chi connectivity index (χ3v) is 6.59. The molecule has 1 saturated carbocycles. The van der Waals surface area contributed by atoms with Crippen molar-refractivity contribution in [2.45, 2.75) is 70.1 Å². The Morgan fingerprint density at radius 2 is 1.90 bits per heavy atom. The zero-order valence-corrected chi connectivity index (χ0v) is 17.4. The van der Waals surface area contributed by atoms with Crippen molar-refractivity contribution in [3.05, 3.63) is 35.9 Å². The van der Waals surface area contributed by atoms with Crippen LogP contribution >= 0.6 is 0 Å². The molecule has 3 fully saturated rings. The SMILES string of the molecule is O=C(CCCC1CCC1)CNC(=O)C1CC[C@@H]2CN1C(=O)N2OCc1ccccc1. The van der Waals surface area contributed by atoms with Gasteiger partial charge in [0.05, 0.1) is 12.6 Å². The number of nitrogens with zero attached hydrogens (tertiary/aromatic N) is 2. The number of fused-ring (bicyclic) bond motifs is 2. The highest BCUT2D eigenvalue weighted by atomic mass is 16.7. The van der Waals surface area contributed by atoms with Crippen molar-refractivity contribution in [1.82, 2.24) is 15.3 Å². The van der Waals surface area contributed by atoms with Gasteiger partial charge in [-0.1, -0.05) is 56.0 Å². The molecule has 1 aromatic carbocycles. The molecule has 2 saturated heterocycles. The summed E-state index contributed by atoms with van der Waals surface area (Å²) in [7, 11) is 0. The quantitative estimate of drug-likeness (QED) is 0.639. The van der Waals surface area contributed by atoms with Gasteiger partial charge in [0.2, 0.25) is 5.91 Å². The van der Waals surface area contributed by atoms with E-state index in [1.807, 2.05) is 30.3 Å². The average molecular weight is 414 g/mol. The van der Waals surface area contributed by atoms with Gasteiger partial charge in [0, 0.05) is 13.0 Å². The predicted octanol–water partition coefficient (Wildman–Crippen LogP) is 3.04. The van der Waals surface area contributed by atoms with Crippen molar-refractivity contribution in [1.29, 1.82) is 0 Å². The summed E-state index contributed by atoms with van der Waals surface area (Å²) in [5.74, 6) is 0.631. The van der Waals surface area contributed by atoms with Crippen LogP contribution < -0.4 is 5.32 Å². The first-order valence-electron chi connectivity index (χ1n) is 11.2. The van der Waals surface area contributed by atoms with Gasteiger partial charge in [-0.15, -0.1) is 0 Å². The predicted molar refractivity (Wildman–Crippen MR) is 111 cm³/mol. The van der Waals surface area contributed by atoms with E-state index in [0.717, 1.165) is 24.3 Å². The van der Waals surface area contributed by atoms with Crippen LogP contribution in [0.25, 0.3) is 0 Å². The van der Waals surface area contributed by atoms with E-state index in [9.17, 15) is 14.4 Å². The molecule has 1 N–H and O–H groups in total. The Morgan fingerprint density at radius 3 is 2.63 bits per heavy atom. The number of Topliss-reactive ketones (excluding diaryl/α,β-unsaturated/α-hetero) is 1. The van der Waals surface area contributed by atoms with Gasteiger partial charge in [0.1, 0.15) is 12.6 Å². The maximum atomic E-state index is 12.8. The molecular weight excluding hydrogens is 382 g/mol. The summed E-state index contributed by atoms with van der Waals surface area (Å²) in [6.45, 7) is 0.865. The molecule has 30 heavy (non-hydrogen) atoms. The summed E-state index contributed by atoms with van der Waals surface area (Å²) in [4.78, 5) is 44.9. The van der Waals surface area contributed by atoms with Crippen LogP contribution in [0.4, 0.5) is 4.79 Å². The van der Waals surface area contributed by atoms with Crippen LogP contribution in [0.2, 0.25) is 0 Å². The topological polar surface area (TPSA) is 79.0 Å². The molecule has 2 heterocycles. The lowest BCUT2D eigenvalue weighted by atomic mass is 9.82. The number of nitrogens with one attached hydrogen (secondary N) is 1. The van der Waals surface area contributed by atoms with Crippen molar-refractivity contribution < 1.29 is 19.2 Å². The van der Waals surface area contributed by atoms with E-state index < -0.39 is 6.04 Å². The maximum absolute atomic E-state index is 12.8. The molecule has 4 rings (SSSR count). The monoisotopic (exact) mass is 413 g/mol. The molecule has 3 amide bonds. The van der Waals surface area contributed by atoms with Gasteiger partial charge < -0.3 is 10.2 Å². The highest BCUT2D eigenvalue weighted by Crippen LogP contribution is 2.31. The molecule has 7 nitrogen and oxygen atoms in total. The molecule has 0 aromatic heterocycles. The van der Waals surface area contributed by atoms with E-state index in [4.69, 9.17) is 4.84 Å². The van der Waals surface area contributed by atoms with Gasteiger partial charge in [-0.05, 0) is 30.7 Å². The normalized spacial score (nSPS) is 23.4. The standard InChI is InChI=1S/C23H31N3O4/c27-20(11-5-10-17-8-4-9-17)14-24-22(28)21-13-12-19-15-25(21)23(29)26(19)30-16-18-6-2-1-3-7-18/h1-3,6-7,17,19,21H,4-5,8-16H2,(H,24,28)/t19-,21?/m1/s1. The van der Waals surface area contributed by atoms with Crippen molar-refractivity contribution in [2.75, 3.05) is 13.1 Å². The smallest absolute Gasteiger partial charge is 0.345 e. The number of rotatable bonds is 10. The zero-order valence-electron chi connectivity index (χ0n) is 17.4. The minimum Gasteiger partial charge on any atom is -0.347 e. The largest absolute Gasteiger partial charge is 0.347 e. The Bertz CT molecular complexity index is 765. The Labute approximate surface area is 177 Å². The first-order chi connectivity index (χ1) is 14.6. The second-order valence-electron chi connectivity index (χ2n) is 8.71. The summed E-state index contributed by atoms with van der Waals surface area (Å²) in [6.07, 6.45) is 7.75. The van der Waals surface area contributed by atoms with E-state index in [1.165, 1.54) is 24.3 Å². The number of hydrogen-bond donors (Lipinski definition) is 1. The summed E-state index contributed by atoms with van der Waals surface area (Å²) in [5.41, 5.74) is 0.992. The molecular formula is C23H31N3O4. The molecule has 7 heteroatoms. The average Bonchev–Trinajstić information content (AvgIpc) is 2.97. The molecule has 2 bridgehead atoms. The van der Waals surface area contributed by atoms with Gasteiger partial charge in [-0.2, -0.15) is 5.06 Å².